The summed E-state index contributed by atoms with van der Waals surface area (Å²) in [6, 6.07) is 11.9. The van der Waals surface area contributed by atoms with Gasteiger partial charge < -0.3 is 4.74 Å². The molecular formula is C19H22N4O2. The average molecular weight is 338 g/mol. The van der Waals surface area contributed by atoms with Gasteiger partial charge in [-0.05, 0) is 39.0 Å². The van der Waals surface area contributed by atoms with Crippen molar-refractivity contribution in [2.24, 2.45) is 0 Å². The van der Waals surface area contributed by atoms with E-state index in [9.17, 15) is 4.79 Å². The number of ether oxygens (including phenoxy) is 1. The SMILES string of the molecule is COC(=O)[C@H](C)c1c(C)nn(Cc2ccn(-c3ccccc3)n2)c1C. The molecule has 3 rings (SSSR count). The van der Waals surface area contributed by atoms with Gasteiger partial charge in [-0.25, -0.2) is 4.68 Å². The second-order valence-corrected chi connectivity index (χ2v) is 6.07. The van der Waals surface area contributed by atoms with Crippen molar-refractivity contribution in [1.82, 2.24) is 19.6 Å². The van der Waals surface area contributed by atoms with Crippen LogP contribution in [-0.2, 0) is 16.1 Å². The number of aryl methyl sites for hydroxylation is 1. The van der Waals surface area contributed by atoms with E-state index in [1.54, 1.807) is 0 Å². The Morgan fingerprint density at radius 2 is 1.88 bits per heavy atom. The molecule has 2 heterocycles. The van der Waals surface area contributed by atoms with Crippen LogP contribution in [0.3, 0.4) is 0 Å². The van der Waals surface area contributed by atoms with Crippen LogP contribution in [-0.4, -0.2) is 32.6 Å². The molecule has 0 amide bonds. The maximum absolute atomic E-state index is 11.9. The predicted molar refractivity (Wildman–Crippen MR) is 94.8 cm³/mol. The molecule has 0 aliphatic rings. The first-order chi connectivity index (χ1) is 12.0. The van der Waals surface area contributed by atoms with Gasteiger partial charge in [-0.15, -0.1) is 0 Å². The number of para-hydroxylation sites is 1. The van der Waals surface area contributed by atoms with Crippen molar-refractivity contribution in [3.63, 3.8) is 0 Å². The minimum atomic E-state index is -0.333. The minimum Gasteiger partial charge on any atom is -0.469 e. The van der Waals surface area contributed by atoms with E-state index in [2.05, 4.69) is 10.2 Å². The largest absolute Gasteiger partial charge is 0.469 e. The van der Waals surface area contributed by atoms with Crippen LogP contribution < -0.4 is 0 Å². The van der Waals surface area contributed by atoms with E-state index in [1.165, 1.54) is 7.11 Å². The Labute approximate surface area is 147 Å². The number of hydrogen-bond acceptors (Lipinski definition) is 4. The molecule has 0 saturated carbocycles. The van der Waals surface area contributed by atoms with Gasteiger partial charge in [0.15, 0.2) is 0 Å². The summed E-state index contributed by atoms with van der Waals surface area (Å²) < 4.78 is 8.60. The van der Waals surface area contributed by atoms with E-state index >= 15 is 0 Å². The number of hydrogen-bond donors (Lipinski definition) is 0. The molecule has 0 fully saturated rings. The molecule has 0 saturated heterocycles. The number of carbonyl (C=O) groups excluding carboxylic acids is 1. The molecule has 3 aromatic rings. The first-order valence-corrected chi connectivity index (χ1v) is 8.23. The molecule has 0 aliphatic heterocycles. The molecule has 0 bridgehead atoms. The molecule has 6 nitrogen and oxygen atoms in total. The van der Waals surface area contributed by atoms with Crippen LogP contribution in [0.5, 0.6) is 0 Å². The smallest absolute Gasteiger partial charge is 0.312 e. The third-order valence-electron chi connectivity index (χ3n) is 4.40. The first kappa shape index (κ1) is 17.0. The molecule has 6 heteroatoms. The van der Waals surface area contributed by atoms with Gasteiger partial charge >= 0.3 is 5.97 Å². The molecule has 1 atom stereocenters. The van der Waals surface area contributed by atoms with Gasteiger partial charge in [-0.2, -0.15) is 10.2 Å². The third kappa shape index (κ3) is 3.33. The number of methoxy groups -OCH3 is 1. The molecule has 0 radical (unpaired) electrons. The summed E-state index contributed by atoms with van der Waals surface area (Å²) in [7, 11) is 1.41. The Balaban J connectivity index is 1.85. The number of nitrogens with zero attached hydrogens (tertiary/aromatic N) is 4. The molecule has 0 unspecified atom stereocenters. The summed E-state index contributed by atoms with van der Waals surface area (Å²) in [4.78, 5) is 11.9. The Morgan fingerprint density at radius 3 is 2.56 bits per heavy atom. The quantitative estimate of drug-likeness (QED) is 0.671. The number of carbonyl (C=O) groups is 1. The first-order valence-electron chi connectivity index (χ1n) is 8.23. The van der Waals surface area contributed by atoms with Gasteiger partial charge in [0.05, 0.1) is 36.6 Å². The van der Waals surface area contributed by atoms with Crippen molar-refractivity contribution in [3.8, 4) is 5.69 Å². The van der Waals surface area contributed by atoms with Gasteiger partial charge in [0.25, 0.3) is 0 Å². The Hall–Kier alpha value is -2.89. The van der Waals surface area contributed by atoms with Crippen LogP contribution in [0.1, 0.15) is 35.5 Å². The number of esters is 1. The summed E-state index contributed by atoms with van der Waals surface area (Å²) in [5.74, 6) is -0.584. The minimum absolute atomic E-state index is 0.251. The maximum Gasteiger partial charge on any atom is 0.312 e. The summed E-state index contributed by atoms with van der Waals surface area (Å²) >= 11 is 0. The van der Waals surface area contributed by atoms with Crippen LogP contribution in [0, 0.1) is 13.8 Å². The second kappa shape index (κ2) is 6.93. The van der Waals surface area contributed by atoms with E-state index in [1.807, 2.05) is 72.7 Å². The predicted octanol–water partition coefficient (Wildman–Crippen LogP) is 3.01. The third-order valence-corrected chi connectivity index (χ3v) is 4.40. The zero-order valence-electron chi connectivity index (χ0n) is 14.9. The molecule has 1 aromatic carbocycles. The van der Waals surface area contributed by atoms with Crippen LogP contribution >= 0.6 is 0 Å². The fourth-order valence-electron chi connectivity index (χ4n) is 3.11. The molecule has 2 aromatic heterocycles. The highest BCUT2D eigenvalue weighted by Gasteiger charge is 2.24. The summed E-state index contributed by atoms with van der Waals surface area (Å²) in [5.41, 5.74) is 4.66. The van der Waals surface area contributed by atoms with Crippen molar-refractivity contribution in [3.05, 3.63) is 65.2 Å². The van der Waals surface area contributed by atoms with Crippen LogP contribution in [0.4, 0.5) is 0 Å². The molecule has 0 spiro atoms. The number of benzene rings is 1. The normalized spacial score (nSPS) is 12.2. The Bertz CT molecular complexity index is 880. The van der Waals surface area contributed by atoms with Crippen LogP contribution in [0.15, 0.2) is 42.6 Å². The van der Waals surface area contributed by atoms with Crippen molar-refractivity contribution < 1.29 is 9.53 Å². The maximum atomic E-state index is 11.9. The molecule has 0 N–H and O–H groups in total. The van der Waals surface area contributed by atoms with Crippen molar-refractivity contribution in [2.75, 3.05) is 7.11 Å². The summed E-state index contributed by atoms with van der Waals surface area (Å²) in [5, 5.41) is 9.20. The highest BCUT2D eigenvalue weighted by molar-refractivity contribution is 5.78. The van der Waals surface area contributed by atoms with Crippen molar-refractivity contribution in [1.29, 1.82) is 0 Å². The standard InChI is InChI=1S/C19H22N4O2/c1-13(19(24)25-4)18-14(2)20-23(15(18)3)12-16-10-11-22(21-16)17-8-6-5-7-9-17/h5-11,13H,12H2,1-4H3/t13-/m1/s1. The highest BCUT2D eigenvalue weighted by Crippen LogP contribution is 2.24. The van der Waals surface area contributed by atoms with Crippen LogP contribution in [0.2, 0.25) is 0 Å². The van der Waals surface area contributed by atoms with Gasteiger partial charge in [-0.3, -0.25) is 9.48 Å². The van der Waals surface area contributed by atoms with Crippen molar-refractivity contribution in [2.45, 2.75) is 33.2 Å². The number of rotatable bonds is 5. The molecule has 130 valence electrons. The lowest BCUT2D eigenvalue weighted by Crippen LogP contribution is -2.13. The lowest BCUT2D eigenvalue weighted by molar-refractivity contribution is -0.142. The monoisotopic (exact) mass is 338 g/mol. The Morgan fingerprint density at radius 1 is 1.16 bits per heavy atom. The van der Waals surface area contributed by atoms with E-state index in [-0.39, 0.29) is 11.9 Å². The summed E-state index contributed by atoms with van der Waals surface area (Å²) in [6.45, 7) is 6.29. The molecular weight excluding hydrogens is 316 g/mol. The second-order valence-electron chi connectivity index (χ2n) is 6.07. The highest BCUT2D eigenvalue weighted by atomic mass is 16.5. The van der Waals surface area contributed by atoms with Crippen molar-refractivity contribution >= 4 is 5.97 Å². The zero-order valence-corrected chi connectivity index (χ0v) is 14.9. The lowest BCUT2D eigenvalue weighted by atomic mass is 9.99. The van der Waals surface area contributed by atoms with E-state index in [0.29, 0.717) is 6.54 Å². The lowest BCUT2D eigenvalue weighted by Gasteiger charge is -2.10. The Kier molecular flexibility index (Phi) is 4.70. The van der Waals surface area contributed by atoms with E-state index in [4.69, 9.17) is 4.74 Å². The van der Waals surface area contributed by atoms with Gasteiger partial charge in [0, 0.05) is 17.5 Å². The zero-order chi connectivity index (χ0) is 18.0. The molecule has 25 heavy (non-hydrogen) atoms. The van der Waals surface area contributed by atoms with E-state index < -0.39 is 0 Å². The van der Waals surface area contributed by atoms with Gasteiger partial charge in [0.2, 0.25) is 0 Å². The average Bonchev–Trinajstić information content (AvgIpc) is 3.19. The fraction of sp³-hybridized carbons (Fsp3) is 0.316. The summed E-state index contributed by atoms with van der Waals surface area (Å²) in [6.07, 6.45) is 1.94. The number of aromatic nitrogens is 4. The molecule has 0 aliphatic carbocycles. The van der Waals surface area contributed by atoms with E-state index in [0.717, 1.165) is 28.3 Å². The fourth-order valence-corrected chi connectivity index (χ4v) is 3.11. The van der Waals surface area contributed by atoms with Gasteiger partial charge in [0.1, 0.15) is 0 Å². The van der Waals surface area contributed by atoms with Crippen LogP contribution in [0.25, 0.3) is 5.69 Å². The van der Waals surface area contributed by atoms with Gasteiger partial charge in [-0.1, -0.05) is 18.2 Å². The topological polar surface area (TPSA) is 61.9 Å².